The molecule has 0 unspecified atom stereocenters. The molecule has 0 spiro atoms. The van der Waals surface area contributed by atoms with E-state index in [1.54, 1.807) is 0 Å². The number of rotatable bonds is 7. The lowest BCUT2D eigenvalue weighted by atomic mass is 10.1. The Labute approximate surface area is 174 Å². The van der Waals surface area contributed by atoms with Gasteiger partial charge < -0.3 is 5.32 Å². The van der Waals surface area contributed by atoms with E-state index in [4.69, 9.17) is 5.10 Å². The summed E-state index contributed by atoms with van der Waals surface area (Å²) in [5.74, 6) is 0.892. The van der Waals surface area contributed by atoms with Crippen LogP contribution in [0.15, 0.2) is 91.3 Å². The molecule has 0 fully saturated rings. The van der Waals surface area contributed by atoms with E-state index in [1.807, 2.05) is 57.7 Å². The van der Waals surface area contributed by atoms with Gasteiger partial charge >= 0.3 is 0 Å². The zero-order chi connectivity index (χ0) is 20.2. The van der Waals surface area contributed by atoms with Crippen molar-refractivity contribution in [3.05, 3.63) is 108 Å². The highest BCUT2D eigenvalue weighted by molar-refractivity contribution is 5.62. The Morgan fingerprint density at radius 3 is 2.37 bits per heavy atom. The fraction of sp³-hybridized carbons (Fsp3) is 0.125. The lowest BCUT2D eigenvalue weighted by Gasteiger charge is -2.04. The molecule has 5 aromatic rings. The van der Waals surface area contributed by atoms with Crippen LogP contribution in [0.25, 0.3) is 16.9 Å². The number of hydrogen-bond donors (Lipinski definition) is 1. The first-order valence-corrected chi connectivity index (χ1v) is 10.0. The molecule has 0 aliphatic carbocycles. The average Bonchev–Trinajstić information content (AvgIpc) is 3.39. The number of pyridine rings is 1. The van der Waals surface area contributed by atoms with Gasteiger partial charge in [-0.3, -0.25) is 9.08 Å². The smallest absolute Gasteiger partial charge is 0.160 e. The van der Waals surface area contributed by atoms with Crippen LogP contribution in [0.2, 0.25) is 0 Å². The van der Waals surface area contributed by atoms with E-state index in [2.05, 4.69) is 58.1 Å². The van der Waals surface area contributed by atoms with Gasteiger partial charge in [-0.15, -0.1) is 10.2 Å². The molecule has 0 atom stereocenters. The number of hydrogen-bond acceptors (Lipinski definition) is 4. The van der Waals surface area contributed by atoms with Crippen LogP contribution >= 0.6 is 0 Å². The highest BCUT2D eigenvalue weighted by Gasteiger charge is 2.12. The van der Waals surface area contributed by atoms with Gasteiger partial charge in [0.25, 0.3) is 0 Å². The van der Waals surface area contributed by atoms with Gasteiger partial charge in [-0.25, -0.2) is 0 Å². The van der Waals surface area contributed by atoms with E-state index in [0.717, 1.165) is 34.8 Å². The van der Waals surface area contributed by atoms with Gasteiger partial charge in [-0.2, -0.15) is 5.10 Å². The molecule has 0 bridgehead atoms. The first-order valence-electron chi connectivity index (χ1n) is 10.0. The molecule has 5 rings (SSSR count). The summed E-state index contributed by atoms with van der Waals surface area (Å²) in [7, 11) is 0. The maximum atomic E-state index is 4.88. The Morgan fingerprint density at radius 2 is 1.53 bits per heavy atom. The Kier molecular flexibility index (Phi) is 5.06. The van der Waals surface area contributed by atoms with E-state index >= 15 is 0 Å². The van der Waals surface area contributed by atoms with E-state index in [-0.39, 0.29) is 0 Å². The Hall–Kier alpha value is -3.77. The van der Waals surface area contributed by atoms with Gasteiger partial charge in [0.05, 0.1) is 18.8 Å². The fourth-order valence-corrected chi connectivity index (χ4v) is 3.60. The van der Waals surface area contributed by atoms with E-state index < -0.39 is 0 Å². The third-order valence-electron chi connectivity index (χ3n) is 5.05. The lowest BCUT2D eigenvalue weighted by Crippen LogP contribution is -2.15. The topological polar surface area (TPSA) is 60.0 Å². The second-order valence-corrected chi connectivity index (χ2v) is 7.20. The maximum absolute atomic E-state index is 4.88. The molecule has 30 heavy (non-hydrogen) atoms. The first kappa shape index (κ1) is 18.3. The van der Waals surface area contributed by atoms with Crippen LogP contribution in [0, 0.1) is 0 Å². The predicted molar refractivity (Wildman–Crippen MR) is 117 cm³/mol. The van der Waals surface area contributed by atoms with Crippen molar-refractivity contribution >= 4 is 5.65 Å². The van der Waals surface area contributed by atoms with Gasteiger partial charge in [-0.1, -0.05) is 66.7 Å². The molecule has 3 aromatic heterocycles. The summed E-state index contributed by atoms with van der Waals surface area (Å²) in [6.45, 7) is 2.07. The molecule has 2 aromatic carbocycles. The van der Waals surface area contributed by atoms with Crippen LogP contribution in [0.3, 0.4) is 0 Å². The van der Waals surface area contributed by atoms with E-state index in [9.17, 15) is 0 Å². The van der Waals surface area contributed by atoms with Gasteiger partial charge in [0, 0.05) is 30.1 Å². The molecular formula is C24H22N6. The molecule has 3 heterocycles. The standard InChI is InChI=1S/C24H22N6/c1-3-9-19(10-4-1)17-29-18-21(24(28-29)20-11-5-2-6-12-20)15-25-16-23-27-26-22-13-7-8-14-30(22)23/h1-14,18,25H,15-17H2. The molecule has 0 saturated heterocycles. The van der Waals surface area contributed by atoms with Crippen LogP contribution in [0.4, 0.5) is 0 Å². The summed E-state index contributed by atoms with van der Waals surface area (Å²) in [6, 6.07) is 26.6. The third kappa shape index (κ3) is 3.86. The van der Waals surface area contributed by atoms with Crippen molar-refractivity contribution in [2.24, 2.45) is 0 Å². The zero-order valence-electron chi connectivity index (χ0n) is 16.5. The predicted octanol–water partition coefficient (Wildman–Crippen LogP) is 3.93. The van der Waals surface area contributed by atoms with Crippen LogP contribution in [0.1, 0.15) is 17.0 Å². The summed E-state index contributed by atoms with van der Waals surface area (Å²) in [6.07, 6.45) is 4.11. The maximum Gasteiger partial charge on any atom is 0.160 e. The van der Waals surface area contributed by atoms with Crippen LogP contribution in [-0.4, -0.2) is 24.4 Å². The molecule has 6 nitrogen and oxygen atoms in total. The Morgan fingerprint density at radius 1 is 0.767 bits per heavy atom. The van der Waals surface area contributed by atoms with Crippen LogP contribution < -0.4 is 5.32 Å². The van der Waals surface area contributed by atoms with Crippen LogP contribution in [0.5, 0.6) is 0 Å². The minimum absolute atomic E-state index is 0.628. The number of fused-ring (bicyclic) bond motifs is 1. The van der Waals surface area contributed by atoms with Crippen LogP contribution in [-0.2, 0) is 19.6 Å². The normalized spacial score (nSPS) is 11.2. The van der Waals surface area contributed by atoms with Crippen molar-refractivity contribution in [2.75, 3.05) is 0 Å². The summed E-state index contributed by atoms with van der Waals surface area (Å²) < 4.78 is 4.02. The molecule has 6 heteroatoms. The fourth-order valence-electron chi connectivity index (χ4n) is 3.60. The lowest BCUT2D eigenvalue weighted by molar-refractivity contribution is 0.653. The number of nitrogens with zero attached hydrogens (tertiary/aromatic N) is 5. The molecule has 0 radical (unpaired) electrons. The minimum Gasteiger partial charge on any atom is -0.306 e. The van der Waals surface area contributed by atoms with Crippen molar-refractivity contribution in [3.8, 4) is 11.3 Å². The molecule has 0 aliphatic rings. The van der Waals surface area contributed by atoms with Crippen molar-refractivity contribution < 1.29 is 0 Å². The van der Waals surface area contributed by atoms with E-state index in [1.165, 1.54) is 5.56 Å². The second kappa shape index (κ2) is 8.31. The summed E-state index contributed by atoms with van der Waals surface area (Å²) >= 11 is 0. The van der Waals surface area contributed by atoms with E-state index in [0.29, 0.717) is 13.1 Å². The molecule has 148 valence electrons. The number of benzene rings is 2. The Bertz CT molecular complexity index is 1240. The Balaban J connectivity index is 1.37. The SMILES string of the molecule is c1ccc(Cn2cc(CNCc3nnc4ccccn34)c(-c3ccccc3)n2)cc1. The largest absolute Gasteiger partial charge is 0.306 e. The van der Waals surface area contributed by atoms with Gasteiger partial charge in [0.15, 0.2) is 11.5 Å². The zero-order valence-corrected chi connectivity index (χ0v) is 16.5. The van der Waals surface area contributed by atoms with Crippen molar-refractivity contribution in [1.29, 1.82) is 0 Å². The van der Waals surface area contributed by atoms with Crippen molar-refractivity contribution in [2.45, 2.75) is 19.6 Å². The highest BCUT2D eigenvalue weighted by Crippen LogP contribution is 2.22. The van der Waals surface area contributed by atoms with Crippen molar-refractivity contribution in [1.82, 2.24) is 29.7 Å². The minimum atomic E-state index is 0.628. The van der Waals surface area contributed by atoms with Gasteiger partial charge in [-0.05, 0) is 17.7 Å². The molecule has 0 amide bonds. The monoisotopic (exact) mass is 394 g/mol. The summed E-state index contributed by atoms with van der Waals surface area (Å²) in [5, 5.41) is 16.9. The van der Waals surface area contributed by atoms with Gasteiger partial charge in [0.2, 0.25) is 0 Å². The summed E-state index contributed by atoms with van der Waals surface area (Å²) in [4.78, 5) is 0. The number of nitrogens with one attached hydrogen (secondary N) is 1. The average molecular weight is 394 g/mol. The quantitative estimate of drug-likeness (QED) is 0.454. The second-order valence-electron chi connectivity index (χ2n) is 7.20. The summed E-state index contributed by atoms with van der Waals surface area (Å²) in [5.41, 5.74) is 5.37. The van der Waals surface area contributed by atoms with Crippen molar-refractivity contribution in [3.63, 3.8) is 0 Å². The third-order valence-corrected chi connectivity index (χ3v) is 5.05. The number of aromatic nitrogens is 5. The first-order chi connectivity index (χ1) is 14.9. The highest BCUT2D eigenvalue weighted by atomic mass is 15.3. The molecule has 0 aliphatic heterocycles. The molecule has 1 N–H and O–H groups in total. The molecular weight excluding hydrogens is 372 g/mol. The molecule has 0 saturated carbocycles. The van der Waals surface area contributed by atoms with Gasteiger partial charge in [0.1, 0.15) is 0 Å².